The largest absolute Gasteiger partial charge is 0.505 e. The van der Waals surface area contributed by atoms with Gasteiger partial charge in [0.1, 0.15) is 5.02 Å². The number of halogens is 3. The van der Waals surface area contributed by atoms with Crippen LogP contribution in [-0.2, 0) is 10.0 Å². The van der Waals surface area contributed by atoms with Crippen molar-refractivity contribution in [2.75, 3.05) is 4.72 Å². The van der Waals surface area contributed by atoms with Crippen molar-refractivity contribution < 1.29 is 13.5 Å². The molecule has 8 heteroatoms. The van der Waals surface area contributed by atoms with Crippen molar-refractivity contribution in [1.29, 1.82) is 0 Å². The van der Waals surface area contributed by atoms with Gasteiger partial charge in [0.05, 0.1) is 20.6 Å². The molecule has 106 valence electrons. The lowest BCUT2D eigenvalue weighted by Crippen LogP contribution is -2.13. The number of rotatable bonds is 3. The van der Waals surface area contributed by atoms with E-state index in [1.807, 2.05) is 0 Å². The van der Waals surface area contributed by atoms with Crippen LogP contribution in [0.15, 0.2) is 41.3 Å². The minimum Gasteiger partial charge on any atom is -0.505 e. The van der Waals surface area contributed by atoms with Gasteiger partial charge in [0.15, 0.2) is 5.75 Å². The highest BCUT2D eigenvalue weighted by Gasteiger charge is 2.19. The van der Waals surface area contributed by atoms with Crippen LogP contribution in [0.4, 0.5) is 5.69 Å². The Hall–Kier alpha value is -1.14. The van der Waals surface area contributed by atoms with Gasteiger partial charge in [-0.3, -0.25) is 4.72 Å². The number of hydrogen-bond acceptors (Lipinski definition) is 3. The van der Waals surface area contributed by atoms with Crippen molar-refractivity contribution in [1.82, 2.24) is 0 Å². The number of nitrogens with one attached hydrogen (secondary N) is 1. The zero-order valence-corrected chi connectivity index (χ0v) is 12.9. The van der Waals surface area contributed by atoms with Crippen molar-refractivity contribution in [3.05, 3.63) is 51.5 Å². The molecule has 0 spiro atoms. The van der Waals surface area contributed by atoms with Gasteiger partial charge in [-0.2, -0.15) is 0 Å². The molecule has 2 N–H and O–H groups in total. The topological polar surface area (TPSA) is 66.4 Å². The van der Waals surface area contributed by atoms with E-state index in [4.69, 9.17) is 34.8 Å². The Morgan fingerprint density at radius 3 is 2.20 bits per heavy atom. The van der Waals surface area contributed by atoms with Crippen LogP contribution in [0.3, 0.4) is 0 Å². The zero-order chi connectivity index (χ0) is 14.9. The van der Waals surface area contributed by atoms with E-state index in [9.17, 15) is 13.5 Å². The Bertz CT molecular complexity index is 748. The average molecular weight is 353 g/mol. The highest BCUT2D eigenvalue weighted by atomic mass is 35.5. The van der Waals surface area contributed by atoms with Crippen LogP contribution in [0.1, 0.15) is 0 Å². The number of sulfonamides is 1. The van der Waals surface area contributed by atoms with Gasteiger partial charge in [-0.15, -0.1) is 0 Å². The SMILES string of the molecule is O=S(=O)(Nc1cc(Cl)c(O)c(Cl)c1Cl)c1ccccc1. The Morgan fingerprint density at radius 2 is 1.60 bits per heavy atom. The second kappa shape index (κ2) is 5.69. The molecule has 0 aliphatic heterocycles. The van der Waals surface area contributed by atoms with Crippen LogP contribution < -0.4 is 4.72 Å². The van der Waals surface area contributed by atoms with Crippen LogP contribution >= 0.6 is 34.8 Å². The van der Waals surface area contributed by atoms with Gasteiger partial charge < -0.3 is 5.11 Å². The molecule has 0 fully saturated rings. The molecule has 4 nitrogen and oxygen atoms in total. The molecule has 0 saturated carbocycles. The number of benzene rings is 2. The van der Waals surface area contributed by atoms with Crippen molar-refractivity contribution in [2.45, 2.75) is 4.90 Å². The lowest BCUT2D eigenvalue weighted by molar-refractivity contribution is 0.476. The lowest BCUT2D eigenvalue weighted by Gasteiger charge is -2.12. The Morgan fingerprint density at radius 1 is 1.00 bits per heavy atom. The number of hydrogen-bond donors (Lipinski definition) is 2. The monoisotopic (exact) mass is 351 g/mol. The van der Waals surface area contributed by atoms with E-state index in [1.165, 1.54) is 18.2 Å². The maximum absolute atomic E-state index is 12.1. The summed E-state index contributed by atoms with van der Waals surface area (Å²) in [7, 11) is -3.82. The van der Waals surface area contributed by atoms with E-state index in [1.54, 1.807) is 18.2 Å². The summed E-state index contributed by atoms with van der Waals surface area (Å²) in [6, 6.07) is 8.92. The van der Waals surface area contributed by atoms with Gasteiger partial charge in [0.25, 0.3) is 10.0 Å². The van der Waals surface area contributed by atoms with Gasteiger partial charge in [0, 0.05) is 0 Å². The molecule has 0 atom stereocenters. The van der Waals surface area contributed by atoms with E-state index in [0.717, 1.165) is 0 Å². The summed E-state index contributed by atoms with van der Waals surface area (Å²) < 4.78 is 26.6. The molecule has 0 aliphatic rings. The third-order valence-corrected chi connectivity index (χ3v) is 4.96. The van der Waals surface area contributed by atoms with Gasteiger partial charge in [-0.05, 0) is 18.2 Å². The first-order chi connectivity index (χ1) is 9.33. The molecular weight excluding hydrogens is 345 g/mol. The number of aromatic hydroxyl groups is 1. The smallest absolute Gasteiger partial charge is 0.261 e. The van der Waals surface area contributed by atoms with Crippen LogP contribution in [0, 0.1) is 0 Å². The molecule has 2 aromatic carbocycles. The van der Waals surface area contributed by atoms with E-state index >= 15 is 0 Å². The fraction of sp³-hybridized carbons (Fsp3) is 0. The summed E-state index contributed by atoms with van der Waals surface area (Å²) in [5, 5.41) is 9.05. The molecule has 0 aromatic heterocycles. The zero-order valence-electron chi connectivity index (χ0n) is 9.77. The first kappa shape index (κ1) is 15.3. The Balaban J connectivity index is 2.46. The predicted octanol–water partition coefficient (Wildman–Crippen LogP) is 4.15. The highest BCUT2D eigenvalue weighted by Crippen LogP contribution is 2.42. The fourth-order valence-electron chi connectivity index (χ4n) is 1.46. The number of phenols is 1. The summed E-state index contributed by atoms with van der Waals surface area (Å²) in [6.07, 6.45) is 0. The molecule has 0 unspecified atom stereocenters. The van der Waals surface area contributed by atoms with Gasteiger partial charge in [-0.25, -0.2) is 8.42 Å². The molecule has 0 heterocycles. The van der Waals surface area contributed by atoms with Crippen molar-refractivity contribution >= 4 is 50.5 Å². The van der Waals surface area contributed by atoms with E-state index < -0.39 is 15.8 Å². The summed E-state index contributed by atoms with van der Waals surface area (Å²) in [6.45, 7) is 0. The maximum Gasteiger partial charge on any atom is 0.261 e. The van der Waals surface area contributed by atoms with Crippen molar-refractivity contribution in [3.63, 3.8) is 0 Å². The highest BCUT2D eigenvalue weighted by molar-refractivity contribution is 7.92. The molecule has 0 saturated heterocycles. The minimum atomic E-state index is -3.82. The molecule has 0 amide bonds. The van der Waals surface area contributed by atoms with E-state index in [0.29, 0.717) is 0 Å². The summed E-state index contributed by atoms with van der Waals surface area (Å²) in [5.41, 5.74) is -0.0108. The first-order valence-electron chi connectivity index (χ1n) is 5.27. The predicted molar refractivity (Wildman–Crippen MR) is 80.4 cm³/mol. The molecule has 0 bridgehead atoms. The molecule has 0 aliphatic carbocycles. The summed E-state index contributed by atoms with van der Waals surface area (Å²) >= 11 is 17.4. The Labute approximate surface area is 131 Å². The van der Waals surface area contributed by atoms with Crippen molar-refractivity contribution in [2.24, 2.45) is 0 Å². The minimum absolute atomic E-state index is 0.0108. The quantitative estimate of drug-likeness (QED) is 0.644. The van der Waals surface area contributed by atoms with E-state index in [-0.39, 0.29) is 25.7 Å². The third-order valence-electron chi connectivity index (χ3n) is 2.43. The molecular formula is C12H8Cl3NO3S. The average Bonchev–Trinajstić information content (AvgIpc) is 2.43. The van der Waals surface area contributed by atoms with Crippen LogP contribution in [0.2, 0.25) is 15.1 Å². The molecule has 20 heavy (non-hydrogen) atoms. The second-order valence-corrected chi connectivity index (χ2v) is 6.65. The summed E-state index contributed by atoms with van der Waals surface area (Å²) in [4.78, 5) is 0.0661. The molecule has 2 aromatic rings. The van der Waals surface area contributed by atoms with Crippen LogP contribution in [-0.4, -0.2) is 13.5 Å². The second-order valence-electron chi connectivity index (χ2n) is 3.80. The van der Waals surface area contributed by atoms with Gasteiger partial charge >= 0.3 is 0 Å². The standard InChI is InChI=1S/C12H8Cl3NO3S/c13-8-6-9(10(14)11(15)12(8)17)16-20(18,19)7-4-2-1-3-5-7/h1-6,16-17H. The summed E-state index contributed by atoms with van der Waals surface area (Å²) in [5.74, 6) is -0.402. The van der Waals surface area contributed by atoms with E-state index in [2.05, 4.69) is 4.72 Å². The fourth-order valence-corrected chi connectivity index (χ4v) is 3.25. The maximum atomic E-state index is 12.1. The molecule has 2 rings (SSSR count). The van der Waals surface area contributed by atoms with Crippen LogP contribution in [0.5, 0.6) is 5.75 Å². The van der Waals surface area contributed by atoms with Gasteiger partial charge in [-0.1, -0.05) is 53.0 Å². The lowest BCUT2D eigenvalue weighted by atomic mass is 10.3. The van der Waals surface area contributed by atoms with Crippen LogP contribution in [0.25, 0.3) is 0 Å². The number of phenolic OH excluding ortho intramolecular Hbond substituents is 1. The Kier molecular flexibility index (Phi) is 4.34. The third kappa shape index (κ3) is 2.96. The number of anilines is 1. The normalized spacial score (nSPS) is 11.3. The van der Waals surface area contributed by atoms with Gasteiger partial charge in [0.2, 0.25) is 0 Å². The first-order valence-corrected chi connectivity index (χ1v) is 7.89. The molecule has 0 radical (unpaired) electrons. The van der Waals surface area contributed by atoms with Crippen molar-refractivity contribution in [3.8, 4) is 5.75 Å².